The standard InChI is InChI=1S/C16H26N2O4S/c1-10-7-5-6-8-15(10)17-16(19)13(4)23(20,21)9-14-11(2)18-22-12(14)3/h10,13,15H,5-9H2,1-4H3,(H,17,19)/t10-,13+,15-/m0/s1. The van der Waals surface area contributed by atoms with Gasteiger partial charge in [0.1, 0.15) is 11.0 Å². The summed E-state index contributed by atoms with van der Waals surface area (Å²) in [4.78, 5) is 12.4. The number of carbonyl (C=O) groups excluding carboxylic acids is 1. The van der Waals surface area contributed by atoms with Gasteiger partial charge in [0.15, 0.2) is 9.84 Å². The molecule has 7 heteroatoms. The SMILES string of the molecule is Cc1noc(C)c1CS(=O)(=O)[C@H](C)C(=O)N[C@H]1CCCC[C@@H]1C. The Morgan fingerprint density at radius 2 is 2.00 bits per heavy atom. The second-order valence-corrected chi connectivity index (χ2v) is 8.95. The van der Waals surface area contributed by atoms with Crippen molar-refractivity contribution in [3.63, 3.8) is 0 Å². The van der Waals surface area contributed by atoms with E-state index in [2.05, 4.69) is 17.4 Å². The van der Waals surface area contributed by atoms with Gasteiger partial charge in [0, 0.05) is 11.6 Å². The minimum atomic E-state index is -3.61. The molecule has 1 heterocycles. The first-order chi connectivity index (χ1) is 10.7. The van der Waals surface area contributed by atoms with Crippen LogP contribution in [0.3, 0.4) is 0 Å². The van der Waals surface area contributed by atoms with Crippen LogP contribution >= 0.6 is 0 Å². The first kappa shape index (κ1) is 18.0. The summed E-state index contributed by atoms with van der Waals surface area (Å²) in [7, 11) is -3.61. The highest BCUT2D eigenvalue weighted by molar-refractivity contribution is 7.92. The molecule has 0 unspecified atom stereocenters. The molecule has 0 aromatic carbocycles. The average molecular weight is 342 g/mol. The third kappa shape index (κ3) is 4.13. The van der Waals surface area contributed by atoms with Crippen LogP contribution in [0.2, 0.25) is 0 Å². The van der Waals surface area contributed by atoms with E-state index in [1.807, 2.05) is 0 Å². The number of amides is 1. The minimum absolute atomic E-state index is 0.0768. The van der Waals surface area contributed by atoms with Crippen LogP contribution in [-0.2, 0) is 20.4 Å². The average Bonchev–Trinajstić information content (AvgIpc) is 2.80. The monoisotopic (exact) mass is 342 g/mol. The zero-order chi connectivity index (χ0) is 17.2. The van der Waals surface area contributed by atoms with Gasteiger partial charge >= 0.3 is 0 Å². The zero-order valence-electron chi connectivity index (χ0n) is 14.3. The van der Waals surface area contributed by atoms with E-state index < -0.39 is 21.0 Å². The number of hydrogen-bond acceptors (Lipinski definition) is 5. The van der Waals surface area contributed by atoms with E-state index in [9.17, 15) is 13.2 Å². The number of sulfone groups is 1. The maximum Gasteiger partial charge on any atom is 0.238 e. The quantitative estimate of drug-likeness (QED) is 0.887. The van der Waals surface area contributed by atoms with Gasteiger partial charge in [-0.3, -0.25) is 4.79 Å². The molecule has 0 radical (unpaired) electrons. The lowest BCUT2D eigenvalue weighted by Gasteiger charge is -2.30. The molecular formula is C16H26N2O4S. The van der Waals surface area contributed by atoms with Crippen molar-refractivity contribution in [3.05, 3.63) is 17.0 Å². The Balaban J connectivity index is 2.05. The van der Waals surface area contributed by atoms with Crippen molar-refractivity contribution >= 4 is 15.7 Å². The lowest BCUT2D eigenvalue weighted by Crippen LogP contribution is -2.47. The largest absolute Gasteiger partial charge is 0.361 e. The Kier molecular flexibility index (Phi) is 5.49. The second-order valence-electron chi connectivity index (χ2n) is 6.63. The number of nitrogens with one attached hydrogen (secondary N) is 1. The van der Waals surface area contributed by atoms with E-state index in [1.165, 1.54) is 13.3 Å². The van der Waals surface area contributed by atoms with Crippen molar-refractivity contribution < 1.29 is 17.7 Å². The Hall–Kier alpha value is -1.37. The fourth-order valence-electron chi connectivity index (χ4n) is 3.03. The molecule has 1 fully saturated rings. The van der Waals surface area contributed by atoms with Crippen LogP contribution in [0.15, 0.2) is 4.52 Å². The molecule has 0 saturated heterocycles. The first-order valence-electron chi connectivity index (χ1n) is 8.16. The van der Waals surface area contributed by atoms with Crippen LogP contribution in [0, 0.1) is 19.8 Å². The van der Waals surface area contributed by atoms with Gasteiger partial charge in [0.05, 0.1) is 11.4 Å². The van der Waals surface area contributed by atoms with Gasteiger partial charge < -0.3 is 9.84 Å². The molecule has 23 heavy (non-hydrogen) atoms. The molecule has 1 aromatic rings. The van der Waals surface area contributed by atoms with E-state index in [0.717, 1.165) is 19.3 Å². The lowest BCUT2D eigenvalue weighted by atomic mass is 9.86. The van der Waals surface area contributed by atoms with Crippen LogP contribution in [0.25, 0.3) is 0 Å². The molecule has 1 saturated carbocycles. The van der Waals surface area contributed by atoms with Crippen molar-refractivity contribution in [2.24, 2.45) is 5.92 Å². The van der Waals surface area contributed by atoms with Gasteiger partial charge in [-0.25, -0.2) is 8.42 Å². The number of rotatable bonds is 5. The zero-order valence-corrected chi connectivity index (χ0v) is 15.1. The third-order valence-electron chi connectivity index (χ3n) is 4.87. The van der Waals surface area contributed by atoms with E-state index in [0.29, 0.717) is 22.9 Å². The van der Waals surface area contributed by atoms with Crippen LogP contribution < -0.4 is 5.32 Å². The number of aromatic nitrogens is 1. The predicted molar refractivity (Wildman–Crippen MR) is 87.6 cm³/mol. The van der Waals surface area contributed by atoms with Crippen molar-refractivity contribution in [1.82, 2.24) is 10.5 Å². The van der Waals surface area contributed by atoms with Gasteiger partial charge in [-0.15, -0.1) is 0 Å². The van der Waals surface area contributed by atoms with E-state index in [-0.39, 0.29) is 11.8 Å². The van der Waals surface area contributed by atoms with Crippen LogP contribution in [0.5, 0.6) is 0 Å². The molecule has 3 atom stereocenters. The van der Waals surface area contributed by atoms with E-state index in [1.54, 1.807) is 13.8 Å². The fourth-order valence-corrected chi connectivity index (χ4v) is 4.49. The molecule has 0 spiro atoms. The van der Waals surface area contributed by atoms with E-state index in [4.69, 9.17) is 4.52 Å². The van der Waals surface area contributed by atoms with Crippen molar-refractivity contribution in [2.75, 3.05) is 0 Å². The molecule has 1 aliphatic rings. The number of aryl methyl sites for hydroxylation is 2. The van der Waals surface area contributed by atoms with Crippen LogP contribution in [-0.4, -0.2) is 30.8 Å². The molecule has 6 nitrogen and oxygen atoms in total. The second kappa shape index (κ2) is 7.03. The normalized spacial score (nSPS) is 23.5. The topological polar surface area (TPSA) is 89.3 Å². The Morgan fingerprint density at radius 3 is 2.57 bits per heavy atom. The van der Waals surface area contributed by atoms with Gasteiger partial charge in [0.2, 0.25) is 5.91 Å². The Labute approximate surface area is 137 Å². The smallest absolute Gasteiger partial charge is 0.238 e. The Bertz CT molecular complexity index is 646. The van der Waals surface area contributed by atoms with Gasteiger partial charge in [-0.1, -0.05) is 24.9 Å². The summed E-state index contributed by atoms with van der Waals surface area (Å²) >= 11 is 0. The summed E-state index contributed by atoms with van der Waals surface area (Å²) in [5, 5.41) is 5.62. The summed E-state index contributed by atoms with van der Waals surface area (Å²) < 4.78 is 30.1. The summed E-state index contributed by atoms with van der Waals surface area (Å²) in [6.07, 6.45) is 4.25. The molecule has 0 bridgehead atoms. The van der Waals surface area contributed by atoms with Gasteiger partial charge in [-0.2, -0.15) is 0 Å². The van der Waals surface area contributed by atoms with Crippen molar-refractivity contribution in [2.45, 2.75) is 70.4 Å². The highest BCUT2D eigenvalue weighted by atomic mass is 32.2. The van der Waals surface area contributed by atoms with E-state index >= 15 is 0 Å². The molecule has 2 rings (SSSR count). The van der Waals surface area contributed by atoms with Gasteiger partial charge in [0.25, 0.3) is 0 Å². The molecule has 1 aliphatic carbocycles. The molecule has 0 aliphatic heterocycles. The Morgan fingerprint density at radius 1 is 1.35 bits per heavy atom. The number of nitrogens with zero attached hydrogens (tertiary/aromatic N) is 1. The number of hydrogen-bond donors (Lipinski definition) is 1. The maximum atomic E-state index is 12.5. The van der Waals surface area contributed by atoms with Crippen molar-refractivity contribution in [1.29, 1.82) is 0 Å². The maximum absolute atomic E-state index is 12.5. The highest BCUT2D eigenvalue weighted by Crippen LogP contribution is 2.24. The summed E-state index contributed by atoms with van der Waals surface area (Å²) in [6, 6.07) is 0.0768. The summed E-state index contributed by atoms with van der Waals surface area (Å²) in [6.45, 7) is 6.94. The first-order valence-corrected chi connectivity index (χ1v) is 9.87. The summed E-state index contributed by atoms with van der Waals surface area (Å²) in [5.74, 6) is 0.253. The van der Waals surface area contributed by atoms with Crippen molar-refractivity contribution in [3.8, 4) is 0 Å². The number of carbonyl (C=O) groups is 1. The molecule has 1 N–H and O–H groups in total. The lowest BCUT2D eigenvalue weighted by molar-refractivity contribution is -0.121. The fraction of sp³-hybridized carbons (Fsp3) is 0.750. The molecule has 130 valence electrons. The third-order valence-corrected chi connectivity index (χ3v) is 6.86. The predicted octanol–water partition coefficient (Wildman–Crippen LogP) is 2.29. The highest BCUT2D eigenvalue weighted by Gasteiger charge is 2.32. The molecular weight excluding hydrogens is 316 g/mol. The van der Waals surface area contributed by atoms with Crippen LogP contribution in [0.4, 0.5) is 0 Å². The van der Waals surface area contributed by atoms with Gasteiger partial charge in [-0.05, 0) is 39.5 Å². The molecule has 1 aromatic heterocycles. The van der Waals surface area contributed by atoms with Crippen LogP contribution in [0.1, 0.15) is 56.5 Å². The minimum Gasteiger partial charge on any atom is -0.361 e. The summed E-state index contributed by atoms with van der Waals surface area (Å²) in [5.41, 5.74) is 1.11. The molecule has 1 amide bonds.